The standard InChI is InChI=1S/C12H17ClN2/c1-11(2)10(12(11,3)4)15-9-7-5-6-8(13)14-9/h5-7,10H,1-4H3,(H,14,15). The van der Waals surface area contributed by atoms with E-state index < -0.39 is 0 Å². The summed E-state index contributed by atoms with van der Waals surface area (Å²) >= 11 is 5.84. The lowest BCUT2D eigenvalue weighted by Crippen LogP contribution is -2.11. The van der Waals surface area contributed by atoms with Crippen molar-refractivity contribution in [1.29, 1.82) is 0 Å². The van der Waals surface area contributed by atoms with Gasteiger partial charge in [-0.25, -0.2) is 4.98 Å². The van der Waals surface area contributed by atoms with Gasteiger partial charge in [-0.05, 0) is 23.0 Å². The fourth-order valence-corrected chi connectivity index (χ4v) is 2.36. The summed E-state index contributed by atoms with van der Waals surface area (Å²) in [5, 5.41) is 3.98. The van der Waals surface area contributed by atoms with Crippen molar-refractivity contribution in [1.82, 2.24) is 4.98 Å². The topological polar surface area (TPSA) is 24.9 Å². The van der Waals surface area contributed by atoms with E-state index >= 15 is 0 Å². The zero-order valence-electron chi connectivity index (χ0n) is 9.63. The van der Waals surface area contributed by atoms with E-state index in [2.05, 4.69) is 38.0 Å². The largest absolute Gasteiger partial charge is 0.366 e. The second-order valence-corrected chi connectivity index (χ2v) is 5.75. The number of halogens is 1. The summed E-state index contributed by atoms with van der Waals surface area (Å²) in [6.45, 7) is 9.09. The van der Waals surface area contributed by atoms with Crippen molar-refractivity contribution in [3.05, 3.63) is 23.4 Å². The number of anilines is 1. The van der Waals surface area contributed by atoms with Crippen LogP contribution in [0.5, 0.6) is 0 Å². The Hall–Kier alpha value is -0.760. The van der Waals surface area contributed by atoms with Crippen LogP contribution >= 0.6 is 11.6 Å². The average molecular weight is 225 g/mol. The first-order valence-corrected chi connectivity index (χ1v) is 5.62. The fourth-order valence-electron chi connectivity index (χ4n) is 2.19. The van der Waals surface area contributed by atoms with Crippen LogP contribution in [0.4, 0.5) is 5.82 Å². The Labute approximate surface area is 96.1 Å². The summed E-state index contributed by atoms with van der Waals surface area (Å²) in [4.78, 5) is 4.24. The minimum Gasteiger partial charge on any atom is -0.366 e. The second-order valence-electron chi connectivity index (χ2n) is 5.37. The van der Waals surface area contributed by atoms with Gasteiger partial charge in [0.05, 0.1) is 0 Å². The molecule has 1 saturated carbocycles. The maximum absolute atomic E-state index is 5.84. The molecule has 1 aliphatic rings. The zero-order chi connectivity index (χ0) is 11.3. The van der Waals surface area contributed by atoms with E-state index in [4.69, 9.17) is 11.6 Å². The molecule has 0 saturated heterocycles. The van der Waals surface area contributed by atoms with E-state index in [0.29, 0.717) is 22.0 Å². The normalized spacial score (nSPS) is 22.5. The van der Waals surface area contributed by atoms with Crippen molar-refractivity contribution in [2.45, 2.75) is 33.7 Å². The number of rotatable bonds is 2. The van der Waals surface area contributed by atoms with E-state index in [1.165, 1.54) is 0 Å². The number of aromatic nitrogens is 1. The molecule has 15 heavy (non-hydrogen) atoms. The van der Waals surface area contributed by atoms with Crippen LogP contribution in [0.3, 0.4) is 0 Å². The van der Waals surface area contributed by atoms with Crippen LogP contribution in [0.25, 0.3) is 0 Å². The molecule has 0 bridgehead atoms. The molecule has 0 aliphatic heterocycles. The molecule has 1 N–H and O–H groups in total. The molecule has 1 aromatic heterocycles. The number of hydrogen-bond donors (Lipinski definition) is 1. The minimum atomic E-state index is 0.316. The van der Waals surface area contributed by atoms with E-state index in [1.807, 2.05) is 12.1 Å². The van der Waals surface area contributed by atoms with Gasteiger partial charge < -0.3 is 5.32 Å². The number of hydrogen-bond acceptors (Lipinski definition) is 2. The third kappa shape index (κ3) is 1.61. The molecular weight excluding hydrogens is 208 g/mol. The number of nitrogens with one attached hydrogen (secondary N) is 1. The Morgan fingerprint density at radius 2 is 1.80 bits per heavy atom. The number of pyridine rings is 1. The van der Waals surface area contributed by atoms with Crippen molar-refractivity contribution < 1.29 is 0 Å². The number of nitrogens with zero attached hydrogens (tertiary/aromatic N) is 1. The Morgan fingerprint density at radius 3 is 2.27 bits per heavy atom. The Bertz CT molecular complexity index is 371. The smallest absolute Gasteiger partial charge is 0.131 e. The summed E-state index contributed by atoms with van der Waals surface area (Å²) in [5.41, 5.74) is 0.633. The Kier molecular flexibility index (Phi) is 2.23. The predicted octanol–water partition coefficient (Wildman–Crippen LogP) is 3.58. The predicted molar refractivity (Wildman–Crippen MR) is 64.2 cm³/mol. The SMILES string of the molecule is CC1(C)C(Nc2cccc(Cl)n2)C1(C)C. The molecule has 0 atom stereocenters. The van der Waals surface area contributed by atoms with Gasteiger partial charge >= 0.3 is 0 Å². The second kappa shape index (κ2) is 3.11. The van der Waals surface area contributed by atoms with Gasteiger partial charge in [0.25, 0.3) is 0 Å². The van der Waals surface area contributed by atoms with Crippen molar-refractivity contribution in [3.8, 4) is 0 Å². The summed E-state index contributed by atoms with van der Waals surface area (Å²) < 4.78 is 0. The lowest BCUT2D eigenvalue weighted by Gasteiger charge is -2.06. The molecule has 2 rings (SSSR count). The van der Waals surface area contributed by atoms with E-state index in [9.17, 15) is 0 Å². The first-order valence-electron chi connectivity index (χ1n) is 5.25. The third-order valence-corrected chi connectivity index (χ3v) is 4.24. The van der Waals surface area contributed by atoms with Crippen LogP contribution in [-0.2, 0) is 0 Å². The van der Waals surface area contributed by atoms with Crippen LogP contribution < -0.4 is 5.32 Å². The van der Waals surface area contributed by atoms with Gasteiger partial charge in [0.1, 0.15) is 11.0 Å². The van der Waals surface area contributed by atoms with E-state index in [0.717, 1.165) is 5.82 Å². The van der Waals surface area contributed by atoms with Gasteiger partial charge in [-0.2, -0.15) is 0 Å². The van der Waals surface area contributed by atoms with Crippen LogP contribution in [0.15, 0.2) is 18.2 Å². The van der Waals surface area contributed by atoms with Gasteiger partial charge in [0.15, 0.2) is 0 Å². The van der Waals surface area contributed by atoms with Gasteiger partial charge in [-0.15, -0.1) is 0 Å². The third-order valence-electron chi connectivity index (χ3n) is 4.03. The Morgan fingerprint density at radius 1 is 1.20 bits per heavy atom. The highest BCUT2D eigenvalue weighted by Crippen LogP contribution is 2.63. The van der Waals surface area contributed by atoms with Gasteiger partial charge in [0, 0.05) is 6.04 Å². The summed E-state index contributed by atoms with van der Waals surface area (Å²) in [7, 11) is 0. The molecule has 0 spiro atoms. The molecule has 0 unspecified atom stereocenters. The molecule has 0 aromatic carbocycles. The molecule has 1 aliphatic carbocycles. The highest BCUT2D eigenvalue weighted by Gasteiger charge is 2.65. The molecule has 2 nitrogen and oxygen atoms in total. The minimum absolute atomic E-state index is 0.316. The van der Waals surface area contributed by atoms with Crippen molar-refractivity contribution in [2.75, 3.05) is 5.32 Å². The van der Waals surface area contributed by atoms with Crippen molar-refractivity contribution in [3.63, 3.8) is 0 Å². The maximum Gasteiger partial charge on any atom is 0.131 e. The lowest BCUT2D eigenvalue weighted by molar-refractivity contribution is 0.457. The molecule has 82 valence electrons. The molecular formula is C12H17ClN2. The first-order chi connectivity index (χ1) is 6.85. The monoisotopic (exact) mass is 224 g/mol. The molecule has 1 aromatic rings. The van der Waals surface area contributed by atoms with Crippen LogP contribution in [-0.4, -0.2) is 11.0 Å². The molecule has 0 radical (unpaired) electrons. The van der Waals surface area contributed by atoms with Gasteiger partial charge in [-0.1, -0.05) is 45.4 Å². The quantitative estimate of drug-likeness (QED) is 0.777. The zero-order valence-corrected chi connectivity index (χ0v) is 10.4. The molecule has 3 heteroatoms. The summed E-state index contributed by atoms with van der Waals surface area (Å²) in [6.07, 6.45) is 0. The van der Waals surface area contributed by atoms with Crippen LogP contribution in [0.2, 0.25) is 5.15 Å². The lowest BCUT2D eigenvalue weighted by atomic mass is 10.0. The van der Waals surface area contributed by atoms with E-state index in [1.54, 1.807) is 6.07 Å². The highest BCUT2D eigenvalue weighted by molar-refractivity contribution is 6.29. The van der Waals surface area contributed by atoms with Gasteiger partial charge in [-0.3, -0.25) is 0 Å². The van der Waals surface area contributed by atoms with Crippen LogP contribution in [0.1, 0.15) is 27.7 Å². The molecule has 1 fully saturated rings. The van der Waals surface area contributed by atoms with E-state index in [-0.39, 0.29) is 0 Å². The maximum atomic E-state index is 5.84. The van der Waals surface area contributed by atoms with Crippen molar-refractivity contribution >= 4 is 17.4 Å². The summed E-state index contributed by atoms with van der Waals surface area (Å²) in [5.74, 6) is 0.867. The molecule has 1 heterocycles. The van der Waals surface area contributed by atoms with Crippen LogP contribution in [0, 0.1) is 10.8 Å². The van der Waals surface area contributed by atoms with Gasteiger partial charge in [0.2, 0.25) is 0 Å². The first kappa shape index (κ1) is 10.7. The molecule has 0 amide bonds. The fraction of sp³-hybridized carbons (Fsp3) is 0.583. The van der Waals surface area contributed by atoms with Crippen molar-refractivity contribution in [2.24, 2.45) is 10.8 Å². The Balaban J connectivity index is 2.12. The highest BCUT2D eigenvalue weighted by atomic mass is 35.5. The average Bonchev–Trinajstić information content (AvgIpc) is 2.48. The summed E-state index contributed by atoms with van der Waals surface area (Å²) in [6, 6.07) is 6.13.